The van der Waals surface area contributed by atoms with Crippen molar-refractivity contribution in [2.75, 3.05) is 5.32 Å². The van der Waals surface area contributed by atoms with Gasteiger partial charge in [0, 0.05) is 4.88 Å². The molecule has 0 aliphatic carbocycles. The SMILES string of the molecule is Cc1cc(C(=O)Nc2ccc(Br)nc2)sc1C. The molecule has 2 rings (SSSR count). The molecule has 2 aromatic heterocycles. The smallest absolute Gasteiger partial charge is 0.265 e. The molecule has 0 fully saturated rings. The number of thiophene rings is 1. The van der Waals surface area contributed by atoms with E-state index < -0.39 is 0 Å². The maximum absolute atomic E-state index is 11.9. The summed E-state index contributed by atoms with van der Waals surface area (Å²) >= 11 is 4.75. The van der Waals surface area contributed by atoms with Crippen molar-refractivity contribution in [1.29, 1.82) is 0 Å². The quantitative estimate of drug-likeness (QED) is 0.858. The highest BCUT2D eigenvalue weighted by Gasteiger charge is 2.10. The third-order valence-corrected chi connectivity index (χ3v) is 4.00. The molecule has 0 unspecified atom stereocenters. The van der Waals surface area contributed by atoms with Gasteiger partial charge < -0.3 is 5.32 Å². The van der Waals surface area contributed by atoms with Gasteiger partial charge in [-0.3, -0.25) is 4.79 Å². The molecule has 2 heterocycles. The fourth-order valence-electron chi connectivity index (χ4n) is 1.33. The molecule has 0 radical (unpaired) electrons. The van der Waals surface area contributed by atoms with Crippen LogP contribution in [0.5, 0.6) is 0 Å². The fourth-order valence-corrected chi connectivity index (χ4v) is 2.49. The second kappa shape index (κ2) is 4.98. The third kappa shape index (κ3) is 2.92. The molecule has 2 aromatic rings. The fraction of sp³-hybridized carbons (Fsp3) is 0.167. The zero-order valence-electron chi connectivity index (χ0n) is 9.45. The Morgan fingerprint density at radius 3 is 2.71 bits per heavy atom. The van der Waals surface area contributed by atoms with Gasteiger partial charge in [0.1, 0.15) is 4.60 Å². The van der Waals surface area contributed by atoms with Gasteiger partial charge in [0.05, 0.1) is 16.8 Å². The van der Waals surface area contributed by atoms with E-state index in [1.54, 1.807) is 12.3 Å². The number of anilines is 1. The molecule has 0 atom stereocenters. The van der Waals surface area contributed by atoms with Crippen LogP contribution in [0.25, 0.3) is 0 Å². The van der Waals surface area contributed by atoms with E-state index in [2.05, 4.69) is 26.2 Å². The number of carbonyl (C=O) groups excluding carboxylic acids is 1. The van der Waals surface area contributed by atoms with Gasteiger partial charge in [-0.05, 0) is 53.5 Å². The average molecular weight is 311 g/mol. The molecule has 0 spiro atoms. The summed E-state index contributed by atoms with van der Waals surface area (Å²) in [6.45, 7) is 4.02. The number of carbonyl (C=O) groups is 1. The molecule has 1 amide bonds. The Balaban J connectivity index is 2.14. The van der Waals surface area contributed by atoms with Crippen LogP contribution in [0, 0.1) is 13.8 Å². The molecule has 1 N–H and O–H groups in total. The molecule has 0 aliphatic rings. The van der Waals surface area contributed by atoms with Gasteiger partial charge in [0.2, 0.25) is 0 Å². The van der Waals surface area contributed by atoms with Crippen LogP contribution < -0.4 is 5.32 Å². The highest BCUT2D eigenvalue weighted by atomic mass is 79.9. The van der Waals surface area contributed by atoms with Crippen LogP contribution in [-0.4, -0.2) is 10.9 Å². The average Bonchev–Trinajstić information content (AvgIpc) is 2.63. The Kier molecular flexibility index (Phi) is 3.59. The molecule has 88 valence electrons. The predicted molar refractivity (Wildman–Crippen MR) is 73.7 cm³/mol. The highest BCUT2D eigenvalue weighted by Crippen LogP contribution is 2.21. The van der Waals surface area contributed by atoms with Gasteiger partial charge in [-0.25, -0.2) is 4.98 Å². The number of hydrogen-bond donors (Lipinski definition) is 1. The van der Waals surface area contributed by atoms with Crippen molar-refractivity contribution in [2.45, 2.75) is 13.8 Å². The number of nitrogens with one attached hydrogen (secondary N) is 1. The summed E-state index contributed by atoms with van der Waals surface area (Å²) in [5, 5.41) is 2.81. The Morgan fingerprint density at radius 2 is 2.18 bits per heavy atom. The first-order valence-corrected chi connectivity index (χ1v) is 6.67. The second-order valence-corrected chi connectivity index (χ2v) is 5.74. The summed E-state index contributed by atoms with van der Waals surface area (Å²) in [6, 6.07) is 5.50. The van der Waals surface area contributed by atoms with Gasteiger partial charge >= 0.3 is 0 Å². The van der Waals surface area contributed by atoms with E-state index in [1.165, 1.54) is 16.2 Å². The second-order valence-electron chi connectivity index (χ2n) is 3.67. The maximum Gasteiger partial charge on any atom is 0.265 e. The Morgan fingerprint density at radius 1 is 1.41 bits per heavy atom. The van der Waals surface area contributed by atoms with Crippen molar-refractivity contribution in [3.8, 4) is 0 Å². The normalized spacial score (nSPS) is 10.3. The first-order chi connectivity index (χ1) is 8.06. The zero-order valence-corrected chi connectivity index (χ0v) is 11.9. The topological polar surface area (TPSA) is 42.0 Å². The van der Waals surface area contributed by atoms with Crippen molar-refractivity contribution in [3.05, 3.63) is 44.3 Å². The summed E-state index contributed by atoms with van der Waals surface area (Å²) in [5.41, 5.74) is 1.84. The minimum Gasteiger partial charge on any atom is -0.320 e. The van der Waals surface area contributed by atoms with Crippen LogP contribution >= 0.6 is 27.3 Å². The number of rotatable bonds is 2. The summed E-state index contributed by atoms with van der Waals surface area (Å²) in [5.74, 6) is -0.0877. The van der Waals surface area contributed by atoms with Gasteiger partial charge in [-0.1, -0.05) is 0 Å². The summed E-state index contributed by atoms with van der Waals surface area (Å²) in [7, 11) is 0. The van der Waals surface area contributed by atoms with Crippen molar-refractivity contribution < 1.29 is 4.79 Å². The summed E-state index contributed by atoms with van der Waals surface area (Å²) < 4.78 is 0.748. The van der Waals surface area contributed by atoms with E-state index in [-0.39, 0.29) is 5.91 Å². The molecule has 0 saturated carbocycles. The minimum atomic E-state index is -0.0877. The van der Waals surface area contributed by atoms with Crippen molar-refractivity contribution in [1.82, 2.24) is 4.98 Å². The lowest BCUT2D eigenvalue weighted by molar-refractivity contribution is 0.103. The van der Waals surface area contributed by atoms with Gasteiger partial charge in [0.15, 0.2) is 0 Å². The Hall–Kier alpha value is -1.20. The van der Waals surface area contributed by atoms with Crippen LogP contribution in [0.4, 0.5) is 5.69 Å². The van der Waals surface area contributed by atoms with E-state index in [9.17, 15) is 4.79 Å². The summed E-state index contributed by atoms with van der Waals surface area (Å²) in [4.78, 5) is 17.9. The summed E-state index contributed by atoms with van der Waals surface area (Å²) in [6.07, 6.45) is 1.62. The molecule has 3 nitrogen and oxygen atoms in total. The molecule has 0 aliphatic heterocycles. The molecule has 0 saturated heterocycles. The monoisotopic (exact) mass is 310 g/mol. The van der Waals surface area contributed by atoms with Crippen LogP contribution in [0.15, 0.2) is 29.0 Å². The van der Waals surface area contributed by atoms with Gasteiger partial charge in [-0.15, -0.1) is 11.3 Å². The standard InChI is InChI=1S/C12H11BrN2OS/c1-7-5-10(17-8(7)2)12(16)15-9-3-4-11(13)14-6-9/h3-6H,1-2H3,(H,15,16). The van der Waals surface area contributed by atoms with E-state index in [0.717, 1.165) is 15.0 Å². The number of amides is 1. The largest absolute Gasteiger partial charge is 0.320 e. The highest BCUT2D eigenvalue weighted by molar-refractivity contribution is 9.10. The van der Waals surface area contributed by atoms with E-state index in [0.29, 0.717) is 5.69 Å². The third-order valence-electron chi connectivity index (χ3n) is 2.38. The number of aryl methyl sites for hydroxylation is 2. The van der Waals surface area contributed by atoms with E-state index >= 15 is 0 Å². The molecule has 17 heavy (non-hydrogen) atoms. The van der Waals surface area contributed by atoms with Crippen molar-refractivity contribution >= 4 is 38.9 Å². The maximum atomic E-state index is 11.9. The molecule has 0 bridgehead atoms. The molecule has 5 heteroatoms. The van der Waals surface area contributed by atoms with E-state index in [1.807, 2.05) is 26.0 Å². The lowest BCUT2D eigenvalue weighted by Crippen LogP contribution is -2.10. The molecular formula is C12H11BrN2OS. The van der Waals surface area contributed by atoms with Gasteiger partial charge in [-0.2, -0.15) is 0 Å². The van der Waals surface area contributed by atoms with Crippen LogP contribution in [-0.2, 0) is 0 Å². The van der Waals surface area contributed by atoms with E-state index in [4.69, 9.17) is 0 Å². The molecular weight excluding hydrogens is 300 g/mol. The minimum absolute atomic E-state index is 0.0877. The van der Waals surface area contributed by atoms with Crippen molar-refractivity contribution in [2.24, 2.45) is 0 Å². The number of halogens is 1. The zero-order chi connectivity index (χ0) is 12.4. The number of pyridine rings is 1. The van der Waals surface area contributed by atoms with Crippen LogP contribution in [0.1, 0.15) is 20.1 Å². The number of hydrogen-bond acceptors (Lipinski definition) is 3. The van der Waals surface area contributed by atoms with Gasteiger partial charge in [0.25, 0.3) is 5.91 Å². The van der Waals surface area contributed by atoms with Crippen LogP contribution in [0.3, 0.4) is 0 Å². The lowest BCUT2D eigenvalue weighted by atomic mass is 10.3. The Labute approximate surface area is 112 Å². The van der Waals surface area contributed by atoms with Crippen molar-refractivity contribution in [3.63, 3.8) is 0 Å². The number of nitrogens with zero attached hydrogens (tertiary/aromatic N) is 1. The Bertz CT molecular complexity index is 529. The predicted octanol–water partition coefficient (Wildman–Crippen LogP) is 3.77. The lowest BCUT2D eigenvalue weighted by Gasteiger charge is -2.02. The first kappa shape index (κ1) is 12.3. The number of aromatic nitrogens is 1. The van der Waals surface area contributed by atoms with Crippen LogP contribution in [0.2, 0.25) is 0 Å². The first-order valence-electron chi connectivity index (χ1n) is 5.06. The molecule has 0 aromatic carbocycles.